The van der Waals surface area contributed by atoms with Crippen LogP contribution in [0, 0.1) is 5.92 Å². The Morgan fingerprint density at radius 1 is 1.34 bits per heavy atom. The average Bonchev–Trinajstić information content (AvgIpc) is 3.46. The van der Waals surface area contributed by atoms with Gasteiger partial charge in [-0.05, 0) is 82.3 Å². The Hall–Kier alpha value is -2.39. The van der Waals surface area contributed by atoms with Gasteiger partial charge in [0.05, 0.1) is 0 Å². The number of pyridine rings is 1. The molecule has 0 radical (unpaired) electrons. The number of hydroxylamine groups is 2. The summed E-state index contributed by atoms with van der Waals surface area (Å²) in [5.41, 5.74) is 1.82. The highest BCUT2D eigenvalue weighted by Crippen LogP contribution is 2.40. The lowest BCUT2D eigenvalue weighted by Gasteiger charge is -2.43. The van der Waals surface area contributed by atoms with Gasteiger partial charge in [0.1, 0.15) is 17.5 Å². The van der Waals surface area contributed by atoms with Crippen LogP contribution in [0.5, 0.6) is 0 Å². The van der Waals surface area contributed by atoms with E-state index in [1.165, 1.54) is 10.6 Å². The number of carboxylic acid groups (broad SMARTS) is 1. The molecule has 1 aromatic heterocycles. The molecule has 1 atom stereocenters. The van der Waals surface area contributed by atoms with Crippen LogP contribution in [0.2, 0.25) is 0 Å². The third kappa shape index (κ3) is 5.50. The Morgan fingerprint density at radius 3 is 2.81 bits per heavy atom. The first-order valence-electron chi connectivity index (χ1n) is 11.6. The van der Waals surface area contributed by atoms with Crippen LogP contribution in [0.25, 0.3) is 0 Å². The molecule has 0 bridgehead atoms. The monoisotopic (exact) mass is 447 g/mol. The molecule has 32 heavy (non-hydrogen) atoms. The predicted octanol–water partition coefficient (Wildman–Crippen LogP) is 2.91. The maximum Gasteiger partial charge on any atom is 0.528 e. The number of rotatable bonds is 10. The van der Waals surface area contributed by atoms with Crippen molar-refractivity contribution in [3.8, 4) is 0 Å². The number of hydrogen-bond donors (Lipinski definition) is 3. The summed E-state index contributed by atoms with van der Waals surface area (Å²) in [6.45, 7) is 2.48. The zero-order valence-corrected chi connectivity index (χ0v) is 18.6. The largest absolute Gasteiger partial charge is 0.528 e. The topological polar surface area (TPSA) is 121 Å². The second kappa shape index (κ2) is 9.62. The standard InChI is InChI=1S/C23H33N3O6/c1-23(9-10-23)31-22(30)32-26(19(8-12-27)21(28)29)18-13-15(14-18)4-6-17-7-5-16-3-2-11-24-20(16)25-17/h5,7,15,18-19,27H,2-4,6,8-14H2,1H3,(H,24,25)(H,28,29)/t15?,18?,19-/m0/s1. The number of anilines is 1. The Morgan fingerprint density at radius 2 is 2.12 bits per heavy atom. The summed E-state index contributed by atoms with van der Waals surface area (Å²) in [4.78, 5) is 34.1. The Kier molecular flexibility index (Phi) is 6.85. The van der Waals surface area contributed by atoms with E-state index in [0.29, 0.717) is 5.92 Å². The maximum atomic E-state index is 12.2. The third-order valence-electron chi connectivity index (χ3n) is 6.79. The molecule has 0 amide bonds. The molecule has 0 unspecified atom stereocenters. The van der Waals surface area contributed by atoms with Crippen LogP contribution in [-0.2, 0) is 27.2 Å². The third-order valence-corrected chi connectivity index (χ3v) is 6.79. The number of hydrogen-bond acceptors (Lipinski definition) is 8. The van der Waals surface area contributed by atoms with Gasteiger partial charge in [-0.3, -0.25) is 4.79 Å². The van der Waals surface area contributed by atoms with Crippen molar-refractivity contribution < 1.29 is 29.4 Å². The molecular formula is C23H33N3O6. The molecule has 2 saturated carbocycles. The molecule has 3 N–H and O–H groups in total. The number of carboxylic acids is 1. The van der Waals surface area contributed by atoms with Crippen molar-refractivity contribution in [1.29, 1.82) is 0 Å². The van der Waals surface area contributed by atoms with Crippen molar-refractivity contribution >= 4 is 17.9 Å². The SMILES string of the molecule is CC1(OC(=O)ON(C2CC(CCc3ccc4c(n3)NCCC4)C2)[C@@H](CCO)C(=O)O)CC1. The highest BCUT2D eigenvalue weighted by atomic mass is 16.8. The highest BCUT2D eigenvalue weighted by molar-refractivity contribution is 5.73. The predicted molar refractivity (Wildman–Crippen MR) is 116 cm³/mol. The van der Waals surface area contributed by atoms with Crippen molar-refractivity contribution in [1.82, 2.24) is 10.0 Å². The lowest BCUT2D eigenvalue weighted by atomic mass is 9.76. The van der Waals surface area contributed by atoms with Crippen LogP contribution in [0.3, 0.4) is 0 Å². The van der Waals surface area contributed by atoms with Gasteiger partial charge in [-0.25, -0.2) is 9.78 Å². The first-order chi connectivity index (χ1) is 15.4. The first kappa shape index (κ1) is 22.8. The first-order valence-corrected chi connectivity index (χ1v) is 11.6. The van der Waals surface area contributed by atoms with Crippen molar-refractivity contribution in [2.24, 2.45) is 5.92 Å². The van der Waals surface area contributed by atoms with Gasteiger partial charge in [-0.2, -0.15) is 0 Å². The van der Waals surface area contributed by atoms with Crippen molar-refractivity contribution in [2.75, 3.05) is 18.5 Å². The second-order valence-electron chi connectivity index (χ2n) is 9.49. The molecule has 0 aromatic carbocycles. The second-order valence-corrected chi connectivity index (χ2v) is 9.49. The molecule has 1 aliphatic heterocycles. The van der Waals surface area contributed by atoms with E-state index in [1.807, 2.05) is 6.92 Å². The Balaban J connectivity index is 1.31. The van der Waals surface area contributed by atoms with E-state index in [9.17, 15) is 19.8 Å². The van der Waals surface area contributed by atoms with E-state index in [4.69, 9.17) is 14.6 Å². The van der Waals surface area contributed by atoms with E-state index in [-0.39, 0.29) is 19.1 Å². The van der Waals surface area contributed by atoms with E-state index in [1.54, 1.807) is 0 Å². The quantitative estimate of drug-likeness (QED) is 0.367. The smallest absolute Gasteiger partial charge is 0.480 e. The van der Waals surface area contributed by atoms with Gasteiger partial charge in [0.2, 0.25) is 0 Å². The maximum absolute atomic E-state index is 12.2. The van der Waals surface area contributed by atoms with E-state index in [0.717, 1.165) is 69.4 Å². The lowest BCUT2D eigenvalue weighted by molar-refractivity contribution is -0.216. The van der Waals surface area contributed by atoms with Gasteiger partial charge in [0.25, 0.3) is 0 Å². The van der Waals surface area contributed by atoms with Gasteiger partial charge in [0, 0.05) is 24.9 Å². The van der Waals surface area contributed by atoms with Crippen LogP contribution in [0.1, 0.15) is 63.1 Å². The van der Waals surface area contributed by atoms with Gasteiger partial charge in [-0.1, -0.05) is 6.07 Å². The van der Waals surface area contributed by atoms with Crippen LogP contribution in [0.15, 0.2) is 12.1 Å². The molecule has 1 aromatic rings. The minimum atomic E-state index is -1.13. The highest BCUT2D eigenvalue weighted by Gasteiger charge is 2.45. The number of aliphatic hydroxyl groups is 1. The minimum absolute atomic E-state index is 0.0207. The number of carbonyl (C=O) groups is 2. The summed E-state index contributed by atoms with van der Waals surface area (Å²) < 4.78 is 5.31. The molecule has 4 rings (SSSR count). The fourth-order valence-corrected chi connectivity index (χ4v) is 4.46. The molecule has 2 fully saturated rings. The van der Waals surface area contributed by atoms with E-state index >= 15 is 0 Å². The molecule has 9 heteroatoms. The lowest BCUT2D eigenvalue weighted by Crippen LogP contribution is -2.53. The summed E-state index contributed by atoms with van der Waals surface area (Å²) >= 11 is 0. The van der Waals surface area contributed by atoms with E-state index in [2.05, 4.69) is 17.4 Å². The van der Waals surface area contributed by atoms with Crippen LogP contribution in [0.4, 0.5) is 10.6 Å². The van der Waals surface area contributed by atoms with Crippen LogP contribution in [-0.4, -0.2) is 63.2 Å². The van der Waals surface area contributed by atoms with Gasteiger partial charge < -0.3 is 25.1 Å². The number of nitrogens with zero attached hydrogens (tertiary/aromatic N) is 2. The van der Waals surface area contributed by atoms with E-state index < -0.39 is 23.8 Å². The van der Waals surface area contributed by atoms with Crippen molar-refractivity contribution in [3.63, 3.8) is 0 Å². The number of aryl methyl sites for hydroxylation is 2. The number of nitrogens with one attached hydrogen (secondary N) is 1. The minimum Gasteiger partial charge on any atom is -0.480 e. The van der Waals surface area contributed by atoms with Crippen LogP contribution < -0.4 is 5.32 Å². The number of fused-ring (bicyclic) bond motifs is 1. The zero-order chi connectivity index (χ0) is 22.7. The number of aliphatic hydroxyl groups excluding tert-OH is 1. The Labute approximate surface area is 188 Å². The average molecular weight is 448 g/mol. The summed E-state index contributed by atoms with van der Waals surface area (Å²) in [5, 5.41) is 23.5. The van der Waals surface area contributed by atoms with Crippen molar-refractivity contribution in [3.05, 3.63) is 23.4 Å². The van der Waals surface area contributed by atoms with Crippen LogP contribution >= 0.6 is 0 Å². The Bertz CT molecular complexity index is 837. The normalized spacial score (nSPS) is 24.0. The number of aliphatic carboxylic acids is 1. The van der Waals surface area contributed by atoms with Gasteiger partial charge in [0.15, 0.2) is 0 Å². The van der Waals surface area contributed by atoms with Crippen molar-refractivity contribution in [2.45, 2.75) is 82.4 Å². The molecule has 2 heterocycles. The molecule has 0 saturated heterocycles. The summed E-state index contributed by atoms with van der Waals surface area (Å²) in [6, 6.07) is 2.94. The fraction of sp³-hybridized carbons (Fsp3) is 0.696. The molecule has 2 aliphatic carbocycles. The zero-order valence-electron chi connectivity index (χ0n) is 18.6. The number of ether oxygens (including phenoxy) is 1. The molecule has 0 spiro atoms. The number of carbonyl (C=O) groups excluding carboxylic acids is 1. The summed E-state index contributed by atoms with van der Waals surface area (Å²) in [5.74, 6) is 0.270. The summed E-state index contributed by atoms with van der Waals surface area (Å²) in [7, 11) is 0. The molecule has 176 valence electrons. The molecule has 9 nitrogen and oxygen atoms in total. The van der Waals surface area contributed by atoms with Gasteiger partial charge in [-0.15, -0.1) is 5.06 Å². The fourth-order valence-electron chi connectivity index (χ4n) is 4.46. The summed E-state index contributed by atoms with van der Waals surface area (Å²) in [6.07, 6.45) is 6.11. The molecule has 3 aliphatic rings. The number of aromatic nitrogens is 1. The molecular weight excluding hydrogens is 414 g/mol. The van der Waals surface area contributed by atoms with Gasteiger partial charge >= 0.3 is 12.1 Å².